The summed E-state index contributed by atoms with van der Waals surface area (Å²) in [6, 6.07) is 7.13. The highest BCUT2D eigenvalue weighted by molar-refractivity contribution is 5.94. The van der Waals surface area contributed by atoms with Crippen LogP contribution < -0.4 is 10.6 Å². The number of benzene rings is 2. The van der Waals surface area contributed by atoms with Gasteiger partial charge in [0.2, 0.25) is 0 Å². The molecule has 1 N–H and O–H groups in total. The van der Waals surface area contributed by atoms with E-state index in [0.29, 0.717) is 46.8 Å². The van der Waals surface area contributed by atoms with Crippen LogP contribution in [0.25, 0.3) is 50.4 Å². The van der Waals surface area contributed by atoms with Crippen molar-refractivity contribution in [1.82, 2.24) is 38.0 Å². The summed E-state index contributed by atoms with van der Waals surface area (Å²) in [6.07, 6.45) is 6.81. The van der Waals surface area contributed by atoms with Crippen LogP contribution in [0.4, 0.5) is 10.1 Å². The van der Waals surface area contributed by atoms with Crippen LogP contribution in [-0.2, 0) is 28.2 Å². The van der Waals surface area contributed by atoms with E-state index in [2.05, 4.69) is 15.0 Å². The summed E-state index contributed by atoms with van der Waals surface area (Å²) in [5.74, 6) is 0.185. The molecule has 40 heavy (non-hydrogen) atoms. The van der Waals surface area contributed by atoms with Crippen molar-refractivity contribution in [2.45, 2.75) is 12.5 Å². The Bertz CT molecular complexity index is 2030. The molecule has 7 rings (SSSR count). The molecule has 1 saturated heterocycles. The van der Waals surface area contributed by atoms with Crippen molar-refractivity contribution in [2.24, 2.45) is 28.2 Å². The number of imidazole rings is 3. The van der Waals surface area contributed by atoms with Gasteiger partial charge in [0.1, 0.15) is 11.5 Å². The van der Waals surface area contributed by atoms with Crippen molar-refractivity contribution in [3.63, 3.8) is 0 Å². The molecule has 0 aliphatic carbocycles. The van der Waals surface area contributed by atoms with Gasteiger partial charge in [-0.05, 0) is 25.1 Å². The SMILES string of the molecule is Cn1cc(-c2cc3nc(-c4cncn4C)n(-c4cc(N5CC(C)(O)C5)c5c(c4)n(C)c(=O)n5C)c3cc2F)cn1. The van der Waals surface area contributed by atoms with Crippen LogP contribution in [0.1, 0.15) is 6.92 Å². The highest BCUT2D eigenvalue weighted by Crippen LogP contribution is 2.38. The standard InChI is InChI=1S/C28H28FN9O2/c1-28(40)13-37(14-28)23-7-17(6-22-25(23)36(5)27(39)35(22)4)38-21-9-19(29)18(16-10-31-34(3)12-16)8-20(21)32-26(38)24-11-30-15-33(24)2/h6-12,15,40H,13-14H2,1-5H3. The van der Waals surface area contributed by atoms with Crippen LogP contribution in [0.2, 0.25) is 0 Å². The van der Waals surface area contributed by atoms with Gasteiger partial charge in [-0.3, -0.25) is 18.4 Å². The zero-order chi connectivity index (χ0) is 28.1. The van der Waals surface area contributed by atoms with Gasteiger partial charge in [0, 0.05) is 64.7 Å². The van der Waals surface area contributed by atoms with Crippen LogP contribution in [0.3, 0.4) is 0 Å². The summed E-state index contributed by atoms with van der Waals surface area (Å²) in [6.45, 7) is 2.65. The number of aliphatic hydroxyl groups is 1. The molecule has 0 amide bonds. The molecule has 5 heterocycles. The van der Waals surface area contributed by atoms with Crippen LogP contribution in [-0.4, -0.2) is 61.8 Å². The van der Waals surface area contributed by atoms with Crippen molar-refractivity contribution in [3.05, 3.63) is 65.5 Å². The molecule has 11 nitrogen and oxygen atoms in total. The van der Waals surface area contributed by atoms with E-state index >= 15 is 4.39 Å². The Labute approximate surface area is 227 Å². The fraction of sp³-hybridized carbons (Fsp3) is 0.286. The van der Waals surface area contributed by atoms with Crippen LogP contribution in [0.15, 0.2) is 54.0 Å². The van der Waals surface area contributed by atoms with Gasteiger partial charge >= 0.3 is 5.69 Å². The Hall–Kier alpha value is -4.71. The zero-order valence-corrected chi connectivity index (χ0v) is 22.8. The van der Waals surface area contributed by atoms with Crippen molar-refractivity contribution >= 4 is 27.8 Å². The van der Waals surface area contributed by atoms with Crippen molar-refractivity contribution in [3.8, 4) is 28.3 Å². The molecule has 0 atom stereocenters. The van der Waals surface area contributed by atoms with Crippen molar-refractivity contribution in [1.29, 1.82) is 0 Å². The summed E-state index contributed by atoms with van der Waals surface area (Å²) < 4.78 is 24.3. The Kier molecular flexibility index (Phi) is 4.96. The van der Waals surface area contributed by atoms with E-state index in [0.717, 1.165) is 22.4 Å². The second kappa shape index (κ2) is 8.15. The number of fused-ring (bicyclic) bond motifs is 2. The van der Waals surface area contributed by atoms with E-state index in [1.54, 1.807) is 72.9 Å². The Morgan fingerprint density at radius 2 is 1.77 bits per heavy atom. The number of aromatic nitrogens is 8. The lowest BCUT2D eigenvalue weighted by Gasteiger charge is -2.46. The normalized spacial score (nSPS) is 14.9. The minimum atomic E-state index is -0.816. The molecular weight excluding hydrogens is 513 g/mol. The molecule has 2 aromatic carbocycles. The third-order valence-corrected chi connectivity index (χ3v) is 7.79. The second-order valence-corrected chi connectivity index (χ2v) is 11.0. The predicted molar refractivity (Wildman–Crippen MR) is 150 cm³/mol. The summed E-state index contributed by atoms with van der Waals surface area (Å²) in [4.78, 5) is 24.3. The van der Waals surface area contributed by atoms with E-state index in [1.165, 1.54) is 6.07 Å². The molecule has 204 valence electrons. The zero-order valence-electron chi connectivity index (χ0n) is 22.8. The lowest BCUT2D eigenvalue weighted by molar-refractivity contribution is 0.0312. The first-order valence-electron chi connectivity index (χ1n) is 12.9. The van der Waals surface area contributed by atoms with Crippen LogP contribution in [0.5, 0.6) is 0 Å². The number of anilines is 1. The first kappa shape index (κ1) is 24.3. The van der Waals surface area contributed by atoms with Gasteiger partial charge in [-0.15, -0.1) is 0 Å². The van der Waals surface area contributed by atoms with Gasteiger partial charge in [-0.1, -0.05) is 0 Å². The quantitative estimate of drug-likeness (QED) is 0.368. The summed E-state index contributed by atoms with van der Waals surface area (Å²) in [5, 5.41) is 14.7. The molecule has 0 saturated carbocycles. The predicted octanol–water partition coefficient (Wildman–Crippen LogP) is 2.73. The summed E-state index contributed by atoms with van der Waals surface area (Å²) in [7, 11) is 7.15. The molecule has 0 spiro atoms. The number of aryl methyl sites for hydroxylation is 4. The summed E-state index contributed by atoms with van der Waals surface area (Å²) >= 11 is 0. The Balaban J connectivity index is 1.54. The number of nitrogens with zero attached hydrogens (tertiary/aromatic N) is 9. The number of β-amino-alcohol motifs (C(OH)–C–C–N with tert-alkyl or cyclic N) is 1. The van der Waals surface area contributed by atoms with Crippen molar-refractivity contribution in [2.75, 3.05) is 18.0 Å². The second-order valence-electron chi connectivity index (χ2n) is 11.0. The van der Waals surface area contributed by atoms with E-state index in [-0.39, 0.29) is 5.69 Å². The fourth-order valence-corrected chi connectivity index (χ4v) is 5.81. The van der Waals surface area contributed by atoms with Crippen LogP contribution in [0, 0.1) is 5.82 Å². The smallest absolute Gasteiger partial charge is 0.328 e. The third-order valence-electron chi connectivity index (χ3n) is 7.79. The number of hydrogen-bond donors (Lipinski definition) is 1. The summed E-state index contributed by atoms with van der Waals surface area (Å²) in [5.41, 5.74) is 5.02. The maximum atomic E-state index is 15.7. The molecule has 0 bridgehead atoms. The largest absolute Gasteiger partial charge is 0.386 e. The van der Waals surface area contributed by atoms with Gasteiger partial charge in [-0.25, -0.2) is 19.2 Å². The van der Waals surface area contributed by atoms with E-state index < -0.39 is 11.4 Å². The molecule has 4 aromatic heterocycles. The molecule has 1 aliphatic heterocycles. The molecule has 12 heteroatoms. The van der Waals surface area contributed by atoms with E-state index in [9.17, 15) is 9.90 Å². The van der Waals surface area contributed by atoms with Gasteiger partial charge in [0.05, 0.1) is 57.8 Å². The minimum absolute atomic E-state index is 0.157. The maximum Gasteiger partial charge on any atom is 0.328 e. The first-order valence-corrected chi connectivity index (χ1v) is 12.9. The average Bonchev–Trinajstić information content (AvgIpc) is 3.65. The molecular formula is C28H28FN9O2. The highest BCUT2D eigenvalue weighted by Gasteiger charge is 2.38. The van der Waals surface area contributed by atoms with Crippen molar-refractivity contribution < 1.29 is 9.50 Å². The van der Waals surface area contributed by atoms with E-state index in [1.807, 2.05) is 28.3 Å². The fourth-order valence-electron chi connectivity index (χ4n) is 5.81. The Morgan fingerprint density at radius 1 is 1.00 bits per heavy atom. The average molecular weight is 542 g/mol. The topological polar surface area (TPSA) is 104 Å². The number of halogens is 1. The number of rotatable bonds is 4. The first-order chi connectivity index (χ1) is 19.0. The molecule has 1 fully saturated rings. The highest BCUT2D eigenvalue weighted by atomic mass is 19.1. The molecule has 6 aromatic rings. The lowest BCUT2D eigenvalue weighted by Crippen LogP contribution is -2.60. The minimum Gasteiger partial charge on any atom is -0.386 e. The maximum absolute atomic E-state index is 15.7. The third kappa shape index (κ3) is 3.45. The molecule has 0 radical (unpaired) electrons. The van der Waals surface area contributed by atoms with E-state index in [4.69, 9.17) is 4.98 Å². The molecule has 1 aliphatic rings. The van der Waals surface area contributed by atoms with Gasteiger partial charge in [-0.2, -0.15) is 5.10 Å². The lowest BCUT2D eigenvalue weighted by atomic mass is 9.95. The monoisotopic (exact) mass is 541 g/mol. The van der Waals surface area contributed by atoms with Gasteiger partial charge in [0.15, 0.2) is 5.82 Å². The van der Waals surface area contributed by atoms with Crippen LogP contribution >= 0.6 is 0 Å². The molecule has 0 unspecified atom stereocenters. The van der Waals surface area contributed by atoms with Gasteiger partial charge < -0.3 is 14.6 Å². The van der Waals surface area contributed by atoms with Gasteiger partial charge in [0.25, 0.3) is 0 Å². The number of hydrogen-bond acceptors (Lipinski definition) is 6. The Morgan fingerprint density at radius 3 is 2.42 bits per heavy atom.